The van der Waals surface area contributed by atoms with Crippen molar-refractivity contribution in [2.75, 3.05) is 13.1 Å². The van der Waals surface area contributed by atoms with Crippen LogP contribution in [0.4, 0.5) is 0 Å². The molecular formula is C18H20N2O2S2. The second-order valence-electron chi connectivity index (χ2n) is 6.74. The van der Waals surface area contributed by atoms with Gasteiger partial charge in [0, 0.05) is 34.2 Å². The Morgan fingerprint density at radius 1 is 1.21 bits per heavy atom. The van der Waals surface area contributed by atoms with Crippen LogP contribution in [0.2, 0.25) is 0 Å². The molecule has 0 bridgehead atoms. The van der Waals surface area contributed by atoms with Gasteiger partial charge in [-0.2, -0.15) is 0 Å². The highest BCUT2D eigenvalue weighted by Crippen LogP contribution is 2.58. The number of rotatable bonds is 5. The van der Waals surface area contributed by atoms with E-state index in [2.05, 4.69) is 5.32 Å². The van der Waals surface area contributed by atoms with Crippen molar-refractivity contribution in [1.82, 2.24) is 10.2 Å². The molecule has 126 valence electrons. The molecule has 2 aromatic rings. The highest BCUT2D eigenvalue weighted by Gasteiger charge is 2.61. The second-order valence-corrected chi connectivity index (χ2v) is 8.80. The number of hydrogen-bond acceptors (Lipinski definition) is 4. The molecule has 1 aliphatic carbocycles. The van der Waals surface area contributed by atoms with Crippen LogP contribution in [-0.4, -0.2) is 29.8 Å². The Hall–Kier alpha value is -1.66. The quantitative estimate of drug-likeness (QED) is 0.891. The average molecular weight is 361 g/mol. The summed E-state index contributed by atoms with van der Waals surface area (Å²) >= 11 is 3.29. The predicted octanol–water partition coefficient (Wildman–Crippen LogP) is 2.91. The van der Waals surface area contributed by atoms with Crippen molar-refractivity contribution in [2.24, 2.45) is 11.3 Å². The van der Waals surface area contributed by atoms with Crippen molar-refractivity contribution in [3.8, 4) is 0 Å². The summed E-state index contributed by atoms with van der Waals surface area (Å²) in [6, 6.07) is 8.02. The monoisotopic (exact) mass is 360 g/mol. The Balaban J connectivity index is 1.29. The first-order valence-corrected chi connectivity index (χ1v) is 10.0. The van der Waals surface area contributed by atoms with E-state index in [0.29, 0.717) is 13.0 Å². The van der Waals surface area contributed by atoms with E-state index in [1.165, 1.54) is 4.88 Å². The minimum atomic E-state index is 0.0463. The fraction of sp³-hybridized carbons (Fsp3) is 0.444. The third kappa shape index (κ3) is 3.13. The molecule has 2 aromatic heterocycles. The Morgan fingerprint density at radius 2 is 1.96 bits per heavy atom. The molecule has 0 radical (unpaired) electrons. The van der Waals surface area contributed by atoms with Gasteiger partial charge in [-0.25, -0.2) is 0 Å². The number of carbonyl (C=O) groups is 2. The highest BCUT2D eigenvalue weighted by atomic mass is 32.1. The van der Waals surface area contributed by atoms with Crippen LogP contribution in [0.3, 0.4) is 0 Å². The van der Waals surface area contributed by atoms with Gasteiger partial charge >= 0.3 is 0 Å². The number of nitrogens with one attached hydrogen (secondary N) is 1. The Bertz CT molecular complexity index is 726. The third-order valence-corrected chi connectivity index (χ3v) is 6.92. The lowest BCUT2D eigenvalue weighted by atomic mass is 10.0. The standard InChI is InChI=1S/C18H20N2O2S2/c21-16(9-13-3-1-7-23-13)20-6-5-18(12-20)10-15(18)17(22)19-11-14-4-2-8-24-14/h1-4,7-8,15H,5-6,9-12H2,(H,19,22)/t15-,18+/m1/s1. The summed E-state index contributed by atoms with van der Waals surface area (Å²) in [6.45, 7) is 2.15. The summed E-state index contributed by atoms with van der Waals surface area (Å²) in [5.41, 5.74) is 0.0463. The van der Waals surface area contributed by atoms with Gasteiger partial charge in [-0.15, -0.1) is 22.7 Å². The lowest BCUT2D eigenvalue weighted by Crippen LogP contribution is -2.31. The molecule has 1 saturated heterocycles. The molecule has 1 spiro atoms. The van der Waals surface area contributed by atoms with Gasteiger partial charge in [-0.05, 0) is 35.7 Å². The lowest BCUT2D eigenvalue weighted by molar-refractivity contribution is -0.130. The molecule has 2 amide bonds. The van der Waals surface area contributed by atoms with Gasteiger partial charge in [0.15, 0.2) is 0 Å². The van der Waals surface area contributed by atoms with E-state index in [1.807, 2.05) is 39.9 Å². The summed E-state index contributed by atoms with van der Waals surface area (Å²) < 4.78 is 0. The Labute approximate surface area is 149 Å². The molecule has 4 nitrogen and oxygen atoms in total. The number of nitrogens with zero attached hydrogens (tertiary/aromatic N) is 1. The third-order valence-electron chi connectivity index (χ3n) is 5.17. The van der Waals surface area contributed by atoms with E-state index in [0.717, 1.165) is 30.8 Å². The van der Waals surface area contributed by atoms with Gasteiger partial charge in [-0.1, -0.05) is 12.1 Å². The fourth-order valence-electron chi connectivity index (χ4n) is 3.66. The fourth-order valence-corrected chi connectivity index (χ4v) is 5.00. The van der Waals surface area contributed by atoms with E-state index in [-0.39, 0.29) is 23.1 Å². The normalized spacial score (nSPS) is 25.2. The first-order chi connectivity index (χ1) is 11.7. The predicted molar refractivity (Wildman–Crippen MR) is 95.9 cm³/mol. The number of amides is 2. The van der Waals surface area contributed by atoms with Gasteiger partial charge in [0.25, 0.3) is 0 Å². The van der Waals surface area contributed by atoms with Crippen LogP contribution < -0.4 is 5.32 Å². The molecule has 2 fully saturated rings. The Morgan fingerprint density at radius 3 is 2.67 bits per heavy atom. The Kier molecular flexibility index (Phi) is 4.18. The zero-order valence-corrected chi connectivity index (χ0v) is 15.0. The highest BCUT2D eigenvalue weighted by molar-refractivity contribution is 7.10. The van der Waals surface area contributed by atoms with Gasteiger partial charge in [0.05, 0.1) is 13.0 Å². The van der Waals surface area contributed by atoms with Crippen molar-refractivity contribution >= 4 is 34.5 Å². The first-order valence-electron chi connectivity index (χ1n) is 8.27. The molecule has 4 rings (SSSR count). The molecule has 1 aliphatic heterocycles. The molecule has 1 saturated carbocycles. The van der Waals surface area contributed by atoms with Crippen molar-refractivity contribution < 1.29 is 9.59 Å². The maximum Gasteiger partial charge on any atom is 0.227 e. The summed E-state index contributed by atoms with van der Waals surface area (Å²) in [5, 5.41) is 7.07. The molecule has 1 N–H and O–H groups in total. The van der Waals surface area contributed by atoms with Crippen LogP contribution in [0, 0.1) is 11.3 Å². The van der Waals surface area contributed by atoms with Gasteiger partial charge in [-0.3, -0.25) is 9.59 Å². The molecule has 24 heavy (non-hydrogen) atoms. The number of carbonyl (C=O) groups excluding carboxylic acids is 2. The van der Waals surface area contributed by atoms with Crippen LogP contribution >= 0.6 is 22.7 Å². The maximum atomic E-state index is 12.4. The minimum Gasteiger partial charge on any atom is -0.351 e. The van der Waals surface area contributed by atoms with Crippen LogP contribution in [0.5, 0.6) is 0 Å². The molecule has 2 aliphatic rings. The van der Waals surface area contributed by atoms with Crippen LogP contribution in [0.25, 0.3) is 0 Å². The van der Waals surface area contributed by atoms with Crippen molar-refractivity contribution in [3.63, 3.8) is 0 Å². The molecule has 0 unspecified atom stereocenters. The van der Waals surface area contributed by atoms with E-state index in [1.54, 1.807) is 22.7 Å². The molecule has 0 aromatic carbocycles. The number of thiophene rings is 2. The topological polar surface area (TPSA) is 49.4 Å². The smallest absolute Gasteiger partial charge is 0.227 e. The largest absolute Gasteiger partial charge is 0.351 e. The molecule has 6 heteroatoms. The first kappa shape index (κ1) is 15.8. The molecule has 3 heterocycles. The van der Waals surface area contributed by atoms with Crippen LogP contribution in [0.15, 0.2) is 35.0 Å². The average Bonchev–Trinajstić information content (AvgIpc) is 3.07. The van der Waals surface area contributed by atoms with E-state index in [9.17, 15) is 9.59 Å². The van der Waals surface area contributed by atoms with E-state index < -0.39 is 0 Å². The zero-order valence-electron chi connectivity index (χ0n) is 13.4. The van der Waals surface area contributed by atoms with Gasteiger partial charge in [0.1, 0.15) is 0 Å². The van der Waals surface area contributed by atoms with E-state index in [4.69, 9.17) is 0 Å². The van der Waals surface area contributed by atoms with Crippen molar-refractivity contribution in [3.05, 3.63) is 44.8 Å². The summed E-state index contributed by atoms with van der Waals surface area (Å²) in [6.07, 6.45) is 2.37. The van der Waals surface area contributed by atoms with Gasteiger partial charge < -0.3 is 10.2 Å². The van der Waals surface area contributed by atoms with Crippen molar-refractivity contribution in [2.45, 2.75) is 25.8 Å². The lowest BCUT2D eigenvalue weighted by Gasteiger charge is -2.16. The van der Waals surface area contributed by atoms with E-state index >= 15 is 0 Å². The number of hydrogen-bond donors (Lipinski definition) is 1. The summed E-state index contributed by atoms with van der Waals surface area (Å²) in [5.74, 6) is 0.423. The van der Waals surface area contributed by atoms with Crippen molar-refractivity contribution in [1.29, 1.82) is 0 Å². The molecular weight excluding hydrogens is 340 g/mol. The molecule has 2 atom stereocenters. The SMILES string of the molecule is O=C(NCc1cccs1)[C@H]1C[C@]12CCN(C(=O)Cc1cccs1)C2. The van der Waals surface area contributed by atoms with Gasteiger partial charge in [0.2, 0.25) is 11.8 Å². The zero-order chi connectivity index (χ0) is 16.6. The summed E-state index contributed by atoms with van der Waals surface area (Å²) in [7, 11) is 0. The van der Waals surface area contributed by atoms with Crippen LogP contribution in [-0.2, 0) is 22.6 Å². The van der Waals surface area contributed by atoms with Crippen LogP contribution in [0.1, 0.15) is 22.6 Å². The summed E-state index contributed by atoms with van der Waals surface area (Å²) in [4.78, 5) is 29.0. The minimum absolute atomic E-state index is 0.0463. The second kappa shape index (κ2) is 6.33. The maximum absolute atomic E-state index is 12.4. The number of likely N-dealkylation sites (tertiary alicyclic amines) is 1.